The SMILES string of the molecule is CC(CC(=O)NCCn1cccn1)c1ccc(N)cc1. The number of amides is 1. The predicted molar refractivity (Wildman–Crippen MR) is 79.1 cm³/mol. The number of nitrogens with two attached hydrogens (primary N) is 1. The molecule has 0 saturated heterocycles. The van der Waals surface area contributed by atoms with Crippen LogP contribution in [0.25, 0.3) is 0 Å². The summed E-state index contributed by atoms with van der Waals surface area (Å²) in [7, 11) is 0. The Hall–Kier alpha value is -2.30. The summed E-state index contributed by atoms with van der Waals surface area (Å²) in [6, 6.07) is 9.53. The Morgan fingerprint density at radius 2 is 2.15 bits per heavy atom. The van der Waals surface area contributed by atoms with Crippen LogP contribution in [0.5, 0.6) is 0 Å². The first-order valence-corrected chi connectivity index (χ1v) is 6.74. The summed E-state index contributed by atoms with van der Waals surface area (Å²) in [4.78, 5) is 11.9. The fraction of sp³-hybridized carbons (Fsp3) is 0.333. The molecule has 1 aromatic heterocycles. The van der Waals surface area contributed by atoms with E-state index in [0.29, 0.717) is 19.5 Å². The number of rotatable bonds is 6. The van der Waals surface area contributed by atoms with Gasteiger partial charge in [-0.1, -0.05) is 19.1 Å². The molecule has 0 bridgehead atoms. The molecule has 106 valence electrons. The Morgan fingerprint density at radius 1 is 1.40 bits per heavy atom. The first-order chi connectivity index (χ1) is 9.65. The maximum atomic E-state index is 11.9. The van der Waals surface area contributed by atoms with Gasteiger partial charge in [0.05, 0.1) is 6.54 Å². The van der Waals surface area contributed by atoms with Gasteiger partial charge < -0.3 is 11.1 Å². The van der Waals surface area contributed by atoms with Crippen LogP contribution < -0.4 is 11.1 Å². The van der Waals surface area contributed by atoms with Crippen molar-refractivity contribution in [2.75, 3.05) is 12.3 Å². The fourth-order valence-electron chi connectivity index (χ4n) is 2.04. The molecule has 0 aliphatic rings. The van der Waals surface area contributed by atoms with Crippen LogP contribution in [0.3, 0.4) is 0 Å². The minimum atomic E-state index is 0.0569. The van der Waals surface area contributed by atoms with E-state index in [2.05, 4.69) is 10.4 Å². The number of aromatic nitrogens is 2. The molecule has 0 aliphatic carbocycles. The Kier molecular flexibility index (Phi) is 4.76. The highest BCUT2D eigenvalue weighted by atomic mass is 16.1. The smallest absolute Gasteiger partial charge is 0.220 e. The third kappa shape index (κ3) is 4.12. The summed E-state index contributed by atoms with van der Waals surface area (Å²) in [5.41, 5.74) is 7.52. The van der Waals surface area contributed by atoms with Crippen LogP contribution in [-0.4, -0.2) is 22.2 Å². The van der Waals surface area contributed by atoms with E-state index in [-0.39, 0.29) is 11.8 Å². The highest BCUT2D eigenvalue weighted by Gasteiger charge is 2.10. The van der Waals surface area contributed by atoms with Crippen molar-refractivity contribution in [2.24, 2.45) is 0 Å². The van der Waals surface area contributed by atoms with Crippen LogP contribution in [0.1, 0.15) is 24.8 Å². The largest absolute Gasteiger partial charge is 0.399 e. The first-order valence-electron chi connectivity index (χ1n) is 6.74. The average Bonchev–Trinajstić information content (AvgIpc) is 2.92. The molecule has 1 atom stereocenters. The van der Waals surface area contributed by atoms with Crippen molar-refractivity contribution in [3.05, 3.63) is 48.3 Å². The highest BCUT2D eigenvalue weighted by molar-refractivity contribution is 5.76. The van der Waals surface area contributed by atoms with Gasteiger partial charge in [0.25, 0.3) is 0 Å². The maximum Gasteiger partial charge on any atom is 0.220 e. The van der Waals surface area contributed by atoms with Gasteiger partial charge in [-0.05, 0) is 29.7 Å². The number of anilines is 1. The van der Waals surface area contributed by atoms with Crippen molar-refractivity contribution >= 4 is 11.6 Å². The molecular weight excluding hydrogens is 252 g/mol. The van der Waals surface area contributed by atoms with Crippen molar-refractivity contribution in [1.29, 1.82) is 0 Å². The van der Waals surface area contributed by atoms with Gasteiger partial charge in [-0.3, -0.25) is 9.48 Å². The number of hydrogen-bond acceptors (Lipinski definition) is 3. The molecule has 0 radical (unpaired) electrons. The topological polar surface area (TPSA) is 72.9 Å². The summed E-state index contributed by atoms with van der Waals surface area (Å²) < 4.78 is 1.80. The predicted octanol–water partition coefficient (Wildman–Crippen LogP) is 1.78. The lowest BCUT2D eigenvalue weighted by Gasteiger charge is -2.12. The summed E-state index contributed by atoms with van der Waals surface area (Å²) in [6.45, 7) is 3.32. The van der Waals surface area contributed by atoms with E-state index in [1.807, 2.05) is 43.5 Å². The van der Waals surface area contributed by atoms with E-state index in [1.54, 1.807) is 10.9 Å². The minimum Gasteiger partial charge on any atom is -0.399 e. The molecule has 2 rings (SSSR count). The van der Waals surface area contributed by atoms with Gasteiger partial charge in [0.2, 0.25) is 5.91 Å². The van der Waals surface area contributed by atoms with Crippen molar-refractivity contribution in [1.82, 2.24) is 15.1 Å². The van der Waals surface area contributed by atoms with Gasteiger partial charge in [-0.25, -0.2) is 0 Å². The standard InChI is InChI=1S/C15H20N4O/c1-12(13-3-5-14(16)6-4-13)11-15(20)17-8-10-19-9-2-7-18-19/h2-7,9,12H,8,10-11,16H2,1H3,(H,17,20). The molecule has 5 heteroatoms. The second-order valence-corrected chi connectivity index (χ2v) is 4.89. The number of nitrogens with zero attached hydrogens (tertiary/aromatic N) is 2. The zero-order valence-electron chi connectivity index (χ0n) is 11.6. The van der Waals surface area contributed by atoms with Crippen molar-refractivity contribution in [3.8, 4) is 0 Å². The number of nitrogen functional groups attached to an aromatic ring is 1. The first kappa shape index (κ1) is 14.1. The lowest BCUT2D eigenvalue weighted by atomic mass is 9.97. The minimum absolute atomic E-state index is 0.0569. The molecule has 1 heterocycles. The second-order valence-electron chi connectivity index (χ2n) is 4.89. The Morgan fingerprint density at radius 3 is 2.80 bits per heavy atom. The number of hydrogen-bond donors (Lipinski definition) is 2. The van der Waals surface area contributed by atoms with E-state index in [1.165, 1.54) is 0 Å². The van der Waals surface area contributed by atoms with Gasteiger partial charge in [0, 0.05) is 31.0 Å². The summed E-state index contributed by atoms with van der Waals surface area (Å²) in [6.07, 6.45) is 4.08. The zero-order valence-corrected chi connectivity index (χ0v) is 11.6. The molecule has 2 aromatic rings. The van der Waals surface area contributed by atoms with E-state index in [9.17, 15) is 4.79 Å². The van der Waals surface area contributed by atoms with Crippen molar-refractivity contribution < 1.29 is 4.79 Å². The van der Waals surface area contributed by atoms with Crippen LogP contribution in [0.2, 0.25) is 0 Å². The molecule has 0 spiro atoms. The average molecular weight is 272 g/mol. The van der Waals surface area contributed by atoms with Crippen LogP contribution in [0.4, 0.5) is 5.69 Å². The number of carbonyl (C=O) groups is 1. The van der Waals surface area contributed by atoms with E-state index >= 15 is 0 Å². The lowest BCUT2D eigenvalue weighted by molar-refractivity contribution is -0.121. The summed E-state index contributed by atoms with van der Waals surface area (Å²) in [5, 5.41) is 6.99. The summed E-state index contributed by atoms with van der Waals surface area (Å²) >= 11 is 0. The van der Waals surface area contributed by atoms with Gasteiger partial charge in [-0.2, -0.15) is 5.10 Å². The van der Waals surface area contributed by atoms with Crippen molar-refractivity contribution in [3.63, 3.8) is 0 Å². The molecule has 0 aliphatic heterocycles. The Labute approximate surface area is 118 Å². The summed E-state index contributed by atoms with van der Waals surface area (Å²) in [5.74, 6) is 0.238. The van der Waals surface area contributed by atoms with E-state index in [0.717, 1.165) is 11.3 Å². The third-order valence-corrected chi connectivity index (χ3v) is 3.22. The van der Waals surface area contributed by atoms with Crippen LogP contribution >= 0.6 is 0 Å². The molecule has 0 fully saturated rings. The Bertz CT molecular complexity index is 534. The lowest BCUT2D eigenvalue weighted by Crippen LogP contribution is -2.28. The maximum absolute atomic E-state index is 11.9. The fourth-order valence-corrected chi connectivity index (χ4v) is 2.04. The normalized spacial score (nSPS) is 12.1. The van der Waals surface area contributed by atoms with Crippen LogP contribution in [-0.2, 0) is 11.3 Å². The number of benzene rings is 1. The molecule has 5 nitrogen and oxygen atoms in total. The molecule has 1 amide bonds. The highest BCUT2D eigenvalue weighted by Crippen LogP contribution is 2.19. The van der Waals surface area contributed by atoms with E-state index < -0.39 is 0 Å². The monoisotopic (exact) mass is 272 g/mol. The van der Waals surface area contributed by atoms with Gasteiger partial charge in [0.15, 0.2) is 0 Å². The quantitative estimate of drug-likeness (QED) is 0.787. The molecule has 1 aromatic carbocycles. The van der Waals surface area contributed by atoms with Crippen LogP contribution in [0.15, 0.2) is 42.7 Å². The second kappa shape index (κ2) is 6.75. The van der Waals surface area contributed by atoms with Crippen molar-refractivity contribution in [2.45, 2.75) is 25.8 Å². The number of nitrogens with one attached hydrogen (secondary N) is 1. The Balaban J connectivity index is 1.74. The molecule has 3 N–H and O–H groups in total. The third-order valence-electron chi connectivity index (χ3n) is 3.22. The van der Waals surface area contributed by atoms with Gasteiger partial charge >= 0.3 is 0 Å². The zero-order chi connectivity index (χ0) is 14.4. The van der Waals surface area contributed by atoms with E-state index in [4.69, 9.17) is 5.73 Å². The molecule has 1 unspecified atom stereocenters. The molecule has 20 heavy (non-hydrogen) atoms. The number of carbonyl (C=O) groups excluding carboxylic acids is 1. The van der Waals surface area contributed by atoms with Gasteiger partial charge in [0.1, 0.15) is 0 Å². The molecule has 0 saturated carbocycles. The van der Waals surface area contributed by atoms with Gasteiger partial charge in [-0.15, -0.1) is 0 Å². The molecular formula is C15H20N4O. The van der Waals surface area contributed by atoms with Crippen LogP contribution in [0, 0.1) is 0 Å².